The predicted molar refractivity (Wildman–Crippen MR) is 74.4 cm³/mol. The van der Waals surface area contributed by atoms with Crippen LogP contribution in [0.1, 0.15) is 32.6 Å². The second-order valence-corrected chi connectivity index (χ2v) is 5.00. The molecule has 5 heteroatoms. The largest absolute Gasteiger partial charge is 0.382 e. The average molecular weight is 249 g/mol. The number of nitrogen functional groups attached to an aromatic ring is 1. The summed E-state index contributed by atoms with van der Waals surface area (Å²) in [5, 5.41) is 11.1. The molecule has 5 nitrogen and oxygen atoms in total. The van der Waals surface area contributed by atoms with Gasteiger partial charge in [0.1, 0.15) is 11.6 Å². The summed E-state index contributed by atoms with van der Waals surface area (Å²) in [5.41, 5.74) is 5.49. The quantitative estimate of drug-likeness (QED) is 0.778. The molecule has 1 unspecified atom stereocenters. The van der Waals surface area contributed by atoms with Crippen molar-refractivity contribution in [1.29, 1.82) is 0 Å². The zero-order valence-electron chi connectivity index (χ0n) is 11.1. The van der Waals surface area contributed by atoms with Gasteiger partial charge < -0.3 is 16.0 Å². The minimum Gasteiger partial charge on any atom is -0.382 e. The van der Waals surface area contributed by atoms with Crippen molar-refractivity contribution in [3.8, 4) is 0 Å². The Morgan fingerprint density at radius 3 is 3.00 bits per heavy atom. The minimum absolute atomic E-state index is 0.461. The molecule has 2 heterocycles. The molecule has 18 heavy (non-hydrogen) atoms. The van der Waals surface area contributed by atoms with E-state index in [1.807, 2.05) is 6.07 Å². The van der Waals surface area contributed by atoms with Gasteiger partial charge in [0, 0.05) is 19.1 Å². The van der Waals surface area contributed by atoms with Crippen LogP contribution in [0.3, 0.4) is 0 Å². The van der Waals surface area contributed by atoms with Gasteiger partial charge in [-0.15, -0.1) is 10.2 Å². The summed E-state index contributed by atoms with van der Waals surface area (Å²) in [6, 6.07) is 4.38. The van der Waals surface area contributed by atoms with Gasteiger partial charge in [-0.05, 0) is 44.9 Å². The van der Waals surface area contributed by atoms with Crippen LogP contribution in [0.25, 0.3) is 0 Å². The van der Waals surface area contributed by atoms with E-state index in [-0.39, 0.29) is 0 Å². The van der Waals surface area contributed by atoms with E-state index < -0.39 is 0 Å². The van der Waals surface area contributed by atoms with E-state index in [9.17, 15) is 0 Å². The lowest BCUT2D eigenvalue weighted by Gasteiger charge is -2.33. The van der Waals surface area contributed by atoms with Crippen molar-refractivity contribution in [1.82, 2.24) is 15.1 Å². The second kappa shape index (κ2) is 6.54. The molecule has 0 bridgehead atoms. The SMILES string of the molecule is CC1CCCCN1CCCNc1ccc(N)nn1. The van der Waals surface area contributed by atoms with Gasteiger partial charge in [0.2, 0.25) is 0 Å². The molecule has 0 amide bonds. The fourth-order valence-electron chi connectivity index (χ4n) is 2.43. The Bertz CT molecular complexity index is 351. The summed E-state index contributed by atoms with van der Waals surface area (Å²) in [6.07, 6.45) is 5.21. The highest BCUT2D eigenvalue weighted by Gasteiger charge is 2.16. The van der Waals surface area contributed by atoms with E-state index >= 15 is 0 Å². The Morgan fingerprint density at radius 2 is 2.28 bits per heavy atom. The third-order valence-corrected chi connectivity index (χ3v) is 3.55. The molecule has 0 spiro atoms. The van der Waals surface area contributed by atoms with Gasteiger partial charge in [-0.2, -0.15) is 0 Å². The lowest BCUT2D eigenvalue weighted by atomic mass is 10.0. The lowest BCUT2D eigenvalue weighted by Crippen LogP contribution is -2.38. The summed E-state index contributed by atoms with van der Waals surface area (Å²) in [5.74, 6) is 1.26. The maximum atomic E-state index is 5.49. The van der Waals surface area contributed by atoms with Crippen molar-refractivity contribution >= 4 is 11.6 Å². The highest BCUT2D eigenvalue weighted by Crippen LogP contribution is 2.16. The van der Waals surface area contributed by atoms with Gasteiger partial charge in [-0.1, -0.05) is 6.42 Å². The topological polar surface area (TPSA) is 67.1 Å². The summed E-state index contributed by atoms with van der Waals surface area (Å²) in [6.45, 7) is 5.68. The summed E-state index contributed by atoms with van der Waals surface area (Å²) in [7, 11) is 0. The van der Waals surface area contributed by atoms with E-state index in [2.05, 4.69) is 27.3 Å². The van der Waals surface area contributed by atoms with E-state index in [1.165, 1.54) is 25.8 Å². The molecule has 1 fully saturated rings. The third-order valence-electron chi connectivity index (χ3n) is 3.55. The number of hydrogen-bond acceptors (Lipinski definition) is 5. The maximum Gasteiger partial charge on any atom is 0.148 e. The number of anilines is 2. The summed E-state index contributed by atoms with van der Waals surface area (Å²) in [4.78, 5) is 2.58. The molecule has 1 aromatic heterocycles. The molecule has 0 aromatic carbocycles. The smallest absolute Gasteiger partial charge is 0.148 e. The van der Waals surface area contributed by atoms with E-state index in [0.29, 0.717) is 5.82 Å². The maximum absolute atomic E-state index is 5.49. The fourth-order valence-corrected chi connectivity index (χ4v) is 2.43. The number of rotatable bonds is 5. The van der Waals surface area contributed by atoms with Crippen LogP contribution < -0.4 is 11.1 Å². The van der Waals surface area contributed by atoms with Crippen LogP contribution in [0.15, 0.2) is 12.1 Å². The number of nitrogens with two attached hydrogens (primary N) is 1. The first-order valence-corrected chi connectivity index (χ1v) is 6.83. The van der Waals surface area contributed by atoms with Gasteiger partial charge in [-0.3, -0.25) is 0 Å². The van der Waals surface area contributed by atoms with Crippen LogP contribution in [0.2, 0.25) is 0 Å². The van der Waals surface area contributed by atoms with Crippen molar-refractivity contribution in [3.63, 3.8) is 0 Å². The molecular formula is C13H23N5. The Labute approximate surface area is 109 Å². The van der Waals surface area contributed by atoms with Gasteiger partial charge in [0.15, 0.2) is 0 Å². The van der Waals surface area contributed by atoms with Crippen LogP contribution in [0.4, 0.5) is 11.6 Å². The number of piperidine rings is 1. The Morgan fingerprint density at radius 1 is 1.39 bits per heavy atom. The average Bonchev–Trinajstić information content (AvgIpc) is 2.39. The first-order chi connectivity index (χ1) is 8.75. The lowest BCUT2D eigenvalue weighted by molar-refractivity contribution is 0.160. The molecule has 3 N–H and O–H groups in total. The number of nitrogens with zero attached hydrogens (tertiary/aromatic N) is 3. The monoisotopic (exact) mass is 249 g/mol. The van der Waals surface area contributed by atoms with Crippen molar-refractivity contribution in [3.05, 3.63) is 12.1 Å². The zero-order valence-corrected chi connectivity index (χ0v) is 11.1. The van der Waals surface area contributed by atoms with E-state index in [4.69, 9.17) is 5.73 Å². The Kier molecular flexibility index (Phi) is 4.75. The zero-order chi connectivity index (χ0) is 12.8. The van der Waals surface area contributed by atoms with Crippen LogP contribution in [0, 0.1) is 0 Å². The van der Waals surface area contributed by atoms with Gasteiger partial charge in [0.05, 0.1) is 0 Å². The van der Waals surface area contributed by atoms with Crippen molar-refractivity contribution < 1.29 is 0 Å². The van der Waals surface area contributed by atoms with Crippen LogP contribution in [-0.4, -0.2) is 40.8 Å². The minimum atomic E-state index is 0.461. The standard InChI is InChI=1S/C13H23N5/c1-11-5-2-3-9-18(11)10-4-8-15-13-7-6-12(14)16-17-13/h6-7,11H,2-5,8-10H2,1H3,(H2,14,16)(H,15,17). The normalized spacial score (nSPS) is 20.8. The van der Waals surface area contributed by atoms with E-state index in [1.54, 1.807) is 6.07 Å². The molecule has 2 rings (SSSR count). The van der Waals surface area contributed by atoms with Crippen molar-refractivity contribution in [2.75, 3.05) is 30.7 Å². The van der Waals surface area contributed by atoms with Crippen LogP contribution >= 0.6 is 0 Å². The number of likely N-dealkylation sites (tertiary alicyclic amines) is 1. The molecule has 1 atom stereocenters. The van der Waals surface area contributed by atoms with Gasteiger partial charge in [-0.25, -0.2) is 0 Å². The van der Waals surface area contributed by atoms with Gasteiger partial charge in [0.25, 0.3) is 0 Å². The molecule has 1 aromatic rings. The highest BCUT2D eigenvalue weighted by atomic mass is 15.2. The van der Waals surface area contributed by atoms with Crippen LogP contribution in [-0.2, 0) is 0 Å². The highest BCUT2D eigenvalue weighted by molar-refractivity contribution is 5.38. The van der Waals surface area contributed by atoms with E-state index in [0.717, 1.165) is 31.4 Å². The first-order valence-electron chi connectivity index (χ1n) is 6.83. The summed E-state index contributed by atoms with van der Waals surface area (Å²) < 4.78 is 0. The Hall–Kier alpha value is -1.36. The molecule has 100 valence electrons. The van der Waals surface area contributed by atoms with Crippen molar-refractivity contribution in [2.24, 2.45) is 0 Å². The molecule has 1 aliphatic rings. The number of nitrogens with one attached hydrogen (secondary N) is 1. The fraction of sp³-hybridized carbons (Fsp3) is 0.692. The predicted octanol–water partition coefficient (Wildman–Crippen LogP) is 1.74. The molecule has 1 saturated heterocycles. The second-order valence-electron chi connectivity index (χ2n) is 5.00. The molecule has 1 aliphatic heterocycles. The molecule has 0 radical (unpaired) electrons. The first kappa shape index (κ1) is 13.1. The molecule has 0 saturated carbocycles. The Balaban J connectivity index is 1.65. The third kappa shape index (κ3) is 3.84. The van der Waals surface area contributed by atoms with Crippen LogP contribution in [0.5, 0.6) is 0 Å². The summed E-state index contributed by atoms with van der Waals surface area (Å²) >= 11 is 0. The molecular weight excluding hydrogens is 226 g/mol. The van der Waals surface area contributed by atoms with Gasteiger partial charge >= 0.3 is 0 Å². The number of aromatic nitrogens is 2. The molecule has 0 aliphatic carbocycles. The van der Waals surface area contributed by atoms with Crippen molar-refractivity contribution in [2.45, 2.75) is 38.6 Å². The number of hydrogen-bond donors (Lipinski definition) is 2.